The van der Waals surface area contributed by atoms with E-state index in [1.807, 2.05) is 6.07 Å². The number of hydrogen-bond acceptors (Lipinski definition) is 2. The number of halogens is 4. The van der Waals surface area contributed by atoms with Crippen LogP contribution in [-0.2, 0) is 6.42 Å². The van der Waals surface area contributed by atoms with Crippen molar-refractivity contribution in [1.82, 2.24) is 9.47 Å². The lowest BCUT2D eigenvalue weighted by molar-refractivity contribution is 0.508. The van der Waals surface area contributed by atoms with E-state index in [4.69, 9.17) is 46.8 Å². The normalized spacial score (nSPS) is 10.9. The quantitative estimate of drug-likeness (QED) is 0.666. The van der Waals surface area contributed by atoms with Crippen molar-refractivity contribution in [2.45, 2.75) is 6.42 Å². The minimum Gasteiger partial charge on any atom is -0.226 e. The van der Waals surface area contributed by atoms with E-state index in [1.54, 1.807) is 12.1 Å². The van der Waals surface area contributed by atoms with Crippen LogP contribution in [0.15, 0.2) is 18.2 Å². The maximum Gasteiger partial charge on any atom is 0.0453 e. The molecule has 14 heavy (non-hydrogen) atoms. The average molecular weight is 274 g/mol. The van der Waals surface area contributed by atoms with Crippen LogP contribution < -0.4 is 5.43 Å². The topological polar surface area (TPSA) is 15.3 Å². The summed E-state index contributed by atoms with van der Waals surface area (Å²) in [5.74, 6) is 0. The van der Waals surface area contributed by atoms with Gasteiger partial charge in [-0.1, -0.05) is 33.3 Å². The van der Waals surface area contributed by atoms with E-state index in [2.05, 4.69) is 5.43 Å². The van der Waals surface area contributed by atoms with Gasteiger partial charge >= 0.3 is 0 Å². The van der Waals surface area contributed by atoms with Crippen LogP contribution >= 0.6 is 46.8 Å². The summed E-state index contributed by atoms with van der Waals surface area (Å²) < 4.78 is 0.865. The Labute approximate surface area is 103 Å². The summed E-state index contributed by atoms with van der Waals surface area (Å²) >= 11 is 22.4. The zero-order valence-corrected chi connectivity index (χ0v) is 10.1. The van der Waals surface area contributed by atoms with E-state index in [0.29, 0.717) is 16.6 Å². The molecule has 2 nitrogen and oxygen atoms in total. The summed E-state index contributed by atoms with van der Waals surface area (Å²) in [5, 5.41) is 1.28. The lowest BCUT2D eigenvalue weighted by Crippen LogP contribution is -2.23. The molecule has 0 fully saturated rings. The molecule has 1 rings (SSSR count). The Morgan fingerprint density at radius 2 is 1.93 bits per heavy atom. The molecule has 0 amide bonds. The molecule has 0 radical (unpaired) electrons. The van der Waals surface area contributed by atoms with Gasteiger partial charge in [0.2, 0.25) is 0 Å². The first-order chi connectivity index (χ1) is 6.59. The fourth-order valence-electron chi connectivity index (χ4n) is 1.000. The molecule has 1 aromatic rings. The third-order valence-corrected chi connectivity index (χ3v) is 2.47. The van der Waals surface area contributed by atoms with Gasteiger partial charge in [-0.05, 0) is 24.1 Å². The second kappa shape index (κ2) is 6.01. The maximum absolute atomic E-state index is 5.95. The molecule has 0 aliphatic carbocycles. The Hall–Kier alpha value is 0.300. The monoisotopic (exact) mass is 272 g/mol. The fraction of sp³-hybridized carbons (Fsp3) is 0.250. The van der Waals surface area contributed by atoms with Crippen LogP contribution in [0.3, 0.4) is 0 Å². The highest BCUT2D eigenvalue weighted by Crippen LogP contribution is 2.21. The summed E-state index contributed by atoms with van der Waals surface area (Å²) in [7, 11) is 0. The Balaban J connectivity index is 2.51. The zero-order valence-electron chi connectivity index (χ0n) is 7.11. The number of benzene rings is 1. The van der Waals surface area contributed by atoms with Crippen LogP contribution in [0.5, 0.6) is 0 Å². The van der Waals surface area contributed by atoms with Crippen LogP contribution in [0.1, 0.15) is 5.56 Å². The first-order valence-electron chi connectivity index (χ1n) is 3.88. The number of nitrogens with zero attached hydrogens (tertiary/aromatic N) is 1. The molecule has 1 aromatic carbocycles. The molecule has 78 valence electrons. The van der Waals surface area contributed by atoms with E-state index in [9.17, 15) is 0 Å². The van der Waals surface area contributed by atoms with Crippen LogP contribution in [0, 0.1) is 0 Å². The summed E-state index contributed by atoms with van der Waals surface area (Å²) in [5.41, 5.74) is 3.71. The second-order valence-corrected chi connectivity index (χ2v) is 4.32. The number of rotatable bonds is 4. The lowest BCUT2D eigenvalue weighted by atomic mass is 10.1. The predicted octanol–water partition coefficient (Wildman–Crippen LogP) is 3.65. The molecule has 0 aliphatic heterocycles. The molecule has 6 heteroatoms. The molecule has 0 atom stereocenters. The minimum atomic E-state index is 0.606. The Morgan fingerprint density at radius 3 is 2.50 bits per heavy atom. The molecule has 0 aromatic heterocycles. The molecule has 0 heterocycles. The molecule has 0 saturated carbocycles. The highest BCUT2D eigenvalue weighted by Gasteiger charge is 2.01. The van der Waals surface area contributed by atoms with E-state index >= 15 is 0 Å². The number of hydrazine groups is 1. The van der Waals surface area contributed by atoms with E-state index in [1.165, 1.54) is 0 Å². The minimum absolute atomic E-state index is 0.606. The maximum atomic E-state index is 5.95. The van der Waals surface area contributed by atoms with Crippen LogP contribution in [0.2, 0.25) is 10.0 Å². The van der Waals surface area contributed by atoms with Gasteiger partial charge < -0.3 is 0 Å². The molecule has 1 N–H and O–H groups in total. The largest absolute Gasteiger partial charge is 0.226 e. The standard InChI is InChI=1S/C8H8Cl4N2/c9-7-2-1-6(8(10)5-7)3-4-13-14(11)12/h1-2,5,13H,3-4H2. The van der Waals surface area contributed by atoms with Gasteiger partial charge in [-0.25, -0.2) is 5.43 Å². The van der Waals surface area contributed by atoms with Crippen LogP contribution in [0.25, 0.3) is 0 Å². The molecular formula is C8H8Cl4N2. The highest BCUT2D eigenvalue weighted by molar-refractivity contribution is 6.35. The fourth-order valence-corrected chi connectivity index (χ4v) is 1.67. The SMILES string of the molecule is Clc1ccc(CCNN(Cl)Cl)c(Cl)c1. The third-order valence-electron chi connectivity index (χ3n) is 1.64. The average Bonchev–Trinajstić information content (AvgIpc) is 2.08. The Bertz CT molecular complexity index is 303. The van der Waals surface area contributed by atoms with Gasteiger partial charge in [-0.15, -0.1) is 0 Å². The summed E-state index contributed by atoms with van der Waals surface area (Å²) in [6.45, 7) is 0.606. The molecule has 0 aliphatic rings. The van der Waals surface area contributed by atoms with Gasteiger partial charge in [0.15, 0.2) is 0 Å². The van der Waals surface area contributed by atoms with E-state index in [0.717, 1.165) is 16.0 Å². The van der Waals surface area contributed by atoms with Crippen molar-refractivity contribution in [3.05, 3.63) is 33.8 Å². The van der Waals surface area contributed by atoms with Crippen molar-refractivity contribution in [1.29, 1.82) is 0 Å². The molecule has 0 spiro atoms. The Morgan fingerprint density at radius 1 is 1.21 bits per heavy atom. The van der Waals surface area contributed by atoms with Gasteiger partial charge in [0.1, 0.15) is 0 Å². The third kappa shape index (κ3) is 4.22. The van der Waals surface area contributed by atoms with E-state index < -0.39 is 0 Å². The van der Waals surface area contributed by atoms with Crippen molar-refractivity contribution in [2.24, 2.45) is 0 Å². The molecule has 0 bridgehead atoms. The van der Waals surface area contributed by atoms with Gasteiger partial charge in [0.05, 0.1) is 0 Å². The lowest BCUT2D eigenvalue weighted by Gasteiger charge is -2.07. The van der Waals surface area contributed by atoms with Gasteiger partial charge in [0.25, 0.3) is 0 Å². The first-order valence-corrected chi connectivity index (χ1v) is 5.32. The van der Waals surface area contributed by atoms with Crippen LogP contribution in [-0.4, -0.2) is 10.6 Å². The smallest absolute Gasteiger partial charge is 0.0453 e. The summed E-state index contributed by atoms with van der Waals surface area (Å²) in [6.07, 6.45) is 0.728. The molecule has 0 unspecified atom stereocenters. The number of nitrogens with one attached hydrogen (secondary N) is 1. The molecular weight excluding hydrogens is 266 g/mol. The van der Waals surface area contributed by atoms with Crippen molar-refractivity contribution in [3.63, 3.8) is 0 Å². The van der Waals surface area contributed by atoms with E-state index in [-0.39, 0.29) is 0 Å². The predicted molar refractivity (Wildman–Crippen MR) is 61.7 cm³/mol. The summed E-state index contributed by atoms with van der Waals surface area (Å²) in [4.78, 5) is 0. The Kier molecular flexibility index (Phi) is 5.31. The summed E-state index contributed by atoms with van der Waals surface area (Å²) in [6, 6.07) is 5.37. The van der Waals surface area contributed by atoms with Gasteiger partial charge in [-0.3, -0.25) is 0 Å². The second-order valence-electron chi connectivity index (χ2n) is 2.63. The van der Waals surface area contributed by atoms with Crippen molar-refractivity contribution in [3.8, 4) is 0 Å². The number of hydrogen-bond donors (Lipinski definition) is 1. The van der Waals surface area contributed by atoms with Gasteiger partial charge in [0, 0.05) is 40.1 Å². The highest BCUT2D eigenvalue weighted by atomic mass is 35.5. The molecule has 0 saturated heterocycles. The van der Waals surface area contributed by atoms with Crippen molar-refractivity contribution in [2.75, 3.05) is 6.54 Å². The first kappa shape index (κ1) is 12.4. The van der Waals surface area contributed by atoms with Crippen LogP contribution in [0.4, 0.5) is 0 Å². The van der Waals surface area contributed by atoms with Gasteiger partial charge in [-0.2, -0.15) is 0 Å². The van der Waals surface area contributed by atoms with Crippen molar-refractivity contribution < 1.29 is 0 Å². The van der Waals surface area contributed by atoms with Crippen molar-refractivity contribution >= 4 is 46.8 Å². The zero-order chi connectivity index (χ0) is 10.6.